The van der Waals surface area contributed by atoms with E-state index in [0.29, 0.717) is 30.5 Å². The van der Waals surface area contributed by atoms with Crippen molar-refractivity contribution in [2.24, 2.45) is 0 Å². The number of carbonyl (C=O) groups excluding carboxylic acids is 1. The number of nitrogens with zero attached hydrogens (tertiary/aromatic N) is 5. The molecule has 0 unspecified atom stereocenters. The van der Waals surface area contributed by atoms with Crippen LogP contribution in [0.1, 0.15) is 39.1 Å². The molecule has 1 fully saturated rings. The second kappa shape index (κ2) is 6.72. The zero-order valence-corrected chi connectivity index (χ0v) is 14.6. The summed E-state index contributed by atoms with van der Waals surface area (Å²) in [5, 5.41) is 4.09. The van der Waals surface area contributed by atoms with Crippen LogP contribution in [0.2, 0.25) is 0 Å². The van der Waals surface area contributed by atoms with Crippen molar-refractivity contribution in [2.75, 3.05) is 13.1 Å². The molecule has 7 nitrogen and oxygen atoms in total. The number of carbonyl (C=O) groups is 1. The molecule has 3 aromatic heterocycles. The van der Waals surface area contributed by atoms with E-state index in [0.717, 1.165) is 22.6 Å². The second-order valence-corrected chi connectivity index (χ2v) is 7.31. The van der Waals surface area contributed by atoms with Crippen molar-refractivity contribution >= 4 is 17.2 Å². The molecule has 1 saturated heterocycles. The van der Waals surface area contributed by atoms with E-state index in [4.69, 9.17) is 4.52 Å². The third-order valence-electron chi connectivity index (χ3n) is 4.32. The van der Waals surface area contributed by atoms with Crippen molar-refractivity contribution in [1.29, 1.82) is 0 Å². The molecule has 0 radical (unpaired) electrons. The highest BCUT2D eigenvalue weighted by atomic mass is 32.1. The second-order valence-electron chi connectivity index (χ2n) is 6.03. The average molecular weight is 355 g/mol. The van der Waals surface area contributed by atoms with E-state index in [2.05, 4.69) is 20.1 Å². The lowest BCUT2D eigenvalue weighted by Gasteiger charge is -2.30. The first-order valence-corrected chi connectivity index (χ1v) is 8.98. The summed E-state index contributed by atoms with van der Waals surface area (Å²) in [7, 11) is 0. The molecule has 0 atom stereocenters. The van der Waals surface area contributed by atoms with E-state index in [-0.39, 0.29) is 11.8 Å². The molecule has 25 heavy (non-hydrogen) atoms. The van der Waals surface area contributed by atoms with Gasteiger partial charge in [-0.2, -0.15) is 4.98 Å². The lowest BCUT2D eigenvalue weighted by Crippen LogP contribution is -2.37. The molecule has 4 heterocycles. The molecule has 0 spiro atoms. The van der Waals surface area contributed by atoms with Crippen molar-refractivity contribution < 1.29 is 9.32 Å². The van der Waals surface area contributed by atoms with Crippen LogP contribution in [0.25, 0.3) is 11.6 Å². The third kappa shape index (κ3) is 3.30. The van der Waals surface area contributed by atoms with Crippen molar-refractivity contribution in [3.63, 3.8) is 0 Å². The van der Waals surface area contributed by atoms with E-state index in [9.17, 15) is 4.79 Å². The number of piperidine rings is 1. The van der Waals surface area contributed by atoms with Crippen molar-refractivity contribution in [1.82, 2.24) is 25.0 Å². The molecule has 0 aromatic carbocycles. The van der Waals surface area contributed by atoms with Crippen LogP contribution in [-0.2, 0) is 0 Å². The highest BCUT2D eigenvalue weighted by molar-refractivity contribution is 7.13. The Labute approximate surface area is 148 Å². The van der Waals surface area contributed by atoms with Gasteiger partial charge in [0.25, 0.3) is 11.8 Å². The first-order valence-electron chi connectivity index (χ1n) is 8.16. The fourth-order valence-electron chi connectivity index (χ4n) is 2.96. The number of thiophene rings is 1. The Morgan fingerprint density at radius 1 is 1.28 bits per heavy atom. The van der Waals surface area contributed by atoms with Crippen molar-refractivity contribution in [3.05, 3.63) is 46.3 Å². The monoisotopic (exact) mass is 355 g/mol. The first-order chi connectivity index (χ1) is 12.2. The summed E-state index contributed by atoms with van der Waals surface area (Å²) in [6.07, 6.45) is 6.45. The maximum Gasteiger partial charge on any atom is 0.278 e. The molecule has 0 bridgehead atoms. The minimum atomic E-state index is 0.116. The lowest BCUT2D eigenvalue weighted by atomic mass is 9.96. The van der Waals surface area contributed by atoms with Crippen LogP contribution in [0.5, 0.6) is 0 Å². The minimum Gasteiger partial charge on any atom is -0.338 e. The number of rotatable bonds is 3. The highest BCUT2D eigenvalue weighted by Crippen LogP contribution is 2.29. The third-order valence-corrected chi connectivity index (χ3v) is 5.31. The van der Waals surface area contributed by atoms with Gasteiger partial charge in [-0.3, -0.25) is 9.78 Å². The predicted molar refractivity (Wildman–Crippen MR) is 92.3 cm³/mol. The molecule has 128 valence electrons. The van der Waals surface area contributed by atoms with Crippen LogP contribution in [0, 0.1) is 6.92 Å². The Hall–Kier alpha value is -2.61. The quantitative estimate of drug-likeness (QED) is 0.718. The van der Waals surface area contributed by atoms with Gasteiger partial charge in [-0.05, 0) is 31.9 Å². The molecule has 3 aromatic rings. The van der Waals surface area contributed by atoms with Gasteiger partial charge in [0.1, 0.15) is 5.69 Å². The largest absolute Gasteiger partial charge is 0.338 e. The van der Waals surface area contributed by atoms with E-state index in [1.165, 1.54) is 0 Å². The van der Waals surface area contributed by atoms with Gasteiger partial charge in [-0.25, -0.2) is 4.98 Å². The first kappa shape index (κ1) is 15.9. The molecule has 4 rings (SSSR count). The maximum absolute atomic E-state index is 12.5. The van der Waals surface area contributed by atoms with Gasteiger partial charge in [0, 0.05) is 36.3 Å². The van der Waals surface area contributed by atoms with Crippen LogP contribution in [-0.4, -0.2) is 44.0 Å². The fraction of sp³-hybridized carbons (Fsp3) is 0.353. The van der Waals surface area contributed by atoms with Crippen molar-refractivity contribution in [2.45, 2.75) is 25.7 Å². The SMILES string of the molecule is Cc1ccc(C(=O)N2CCC(c3noc(-c4cnccn4)n3)CC2)s1. The van der Waals surface area contributed by atoms with Crippen LogP contribution in [0.15, 0.2) is 35.2 Å². The predicted octanol–water partition coefficient (Wildman–Crippen LogP) is 2.92. The van der Waals surface area contributed by atoms with Crippen LogP contribution < -0.4 is 0 Å². The number of aryl methyl sites for hydroxylation is 1. The molecular formula is C17H17N5O2S. The summed E-state index contributed by atoms with van der Waals surface area (Å²) in [5.74, 6) is 1.38. The normalized spacial score (nSPS) is 15.5. The topological polar surface area (TPSA) is 85.0 Å². The molecule has 0 aliphatic carbocycles. The van der Waals surface area contributed by atoms with E-state index in [1.807, 2.05) is 24.0 Å². The Morgan fingerprint density at radius 3 is 2.80 bits per heavy atom. The zero-order valence-electron chi connectivity index (χ0n) is 13.8. The molecule has 8 heteroatoms. The summed E-state index contributed by atoms with van der Waals surface area (Å²) in [4.78, 5) is 29.0. The number of amides is 1. The van der Waals surface area contributed by atoms with E-state index >= 15 is 0 Å². The van der Waals surface area contributed by atoms with Gasteiger partial charge < -0.3 is 9.42 Å². The Kier molecular flexibility index (Phi) is 4.27. The van der Waals surface area contributed by atoms with Gasteiger partial charge in [-0.15, -0.1) is 11.3 Å². The van der Waals surface area contributed by atoms with Crippen molar-refractivity contribution in [3.8, 4) is 11.6 Å². The van der Waals surface area contributed by atoms with E-state index in [1.54, 1.807) is 29.9 Å². The van der Waals surface area contributed by atoms with Gasteiger partial charge in [-0.1, -0.05) is 5.16 Å². The summed E-state index contributed by atoms with van der Waals surface area (Å²) in [5.41, 5.74) is 0.571. The number of aromatic nitrogens is 4. The van der Waals surface area contributed by atoms with Gasteiger partial charge >= 0.3 is 0 Å². The van der Waals surface area contributed by atoms with Gasteiger partial charge in [0.2, 0.25) is 0 Å². The molecule has 1 aliphatic rings. The summed E-state index contributed by atoms with van der Waals surface area (Å²) in [6.45, 7) is 3.42. The molecular weight excluding hydrogens is 338 g/mol. The lowest BCUT2D eigenvalue weighted by molar-refractivity contribution is 0.0715. The summed E-state index contributed by atoms with van der Waals surface area (Å²) in [6, 6.07) is 3.89. The summed E-state index contributed by atoms with van der Waals surface area (Å²) < 4.78 is 5.31. The Balaban J connectivity index is 1.41. The number of likely N-dealkylation sites (tertiary alicyclic amines) is 1. The van der Waals surface area contributed by atoms with Gasteiger partial charge in [0.05, 0.1) is 11.1 Å². The number of hydrogen-bond acceptors (Lipinski definition) is 7. The minimum absolute atomic E-state index is 0.116. The highest BCUT2D eigenvalue weighted by Gasteiger charge is 2.28. The standard InChI is InChI=1S/C17H17N5O2S/c1-11-2-3-14(25-11)17(23)22-8-4-12(5-9-22)15-20-16(24-21-15)13-10-18-6-7-19-13/h2-3,6-7,10,12H,4-5,8-9H2,1H3. The molecule has 0 saturated carbocycles. The average Bonchev–Trinajstić information content (AvgIpc) is 3.31. The van der Waals surface area contributed by atoms with Gasteiger partial charge in [0.15, 0.2) is 5.82 Å². The molecule has 0 N–H and O–H groups in total. The molecule has 1 aliphatic heterocycles. The van der Waals surface area contributed by atoms with Crippen LogP contribution in [0.3, 0.4) is 0 Å². The Morgan fingerprint density at radius 2 is 2.12 bits per heavy atom. The van der Waals surface area contributed by atoms with Crippen LogP contribution in [0.4, 0.5) is 0 Å². The maximum atomic E-state index is 12.5. The number of hydrogen-bond donors (Lipinski definition) is 0. The smallest absolute Gasteiger partial charge is 0.278 e. The Bertz CT molecular complexity index is 868. The fourth-order valence-corrected chi connectivity index (χ4v) is 3.80. The van der Waals surface area contributed by atoms with E-state index < -0.39 is 0 Å². The molecule has 1 amide bonds. The zero-order chi connectivity index (χ0) is 17.2. The summed E-state index contributed by atoms with van der Waals surface area (Å²) >= 11 is 1.54. The van der Waals surface area contributed by atoms with Crippen LogP contribution >= 0.6 is 11.3 Å².